The number of nitrogens with zero attached hydrogens (tertiary/aromatic N) is 2. The number of hydrogen-bond donors (Lipinski definition) is 0. The number of halogens is 2. The van der Waals surface area contributed by atoms with E-state index in [0.717, 1.165) is 13.1 Å². The predicted octanol–water partition coefficient (Wildman–Crippen LogP) is 1.92. The summed E-state index contributed by atoms with van der Waals surface area (Å²) >= 11 is 0. The molecule has 0 radical (unpaired) electrons. The van der Waals surface area contributed by atoms with Crippen LogP contribution in [0.25, 0.3) is 33.0 Å². The van der Waals surface area contributed by atoms with Gasteiger partial charge in [0.15, 0.2) is 24.8 Å². The maximum absolute atomic E-state index is 2.31. The van der Waals surface area contributed by atoms with Crippen LogP contribution in [0.2, 0.25) is 0 Å². The first-order chi connectivity index (χ1) is 16.8. The van der Waals surface area contributed by atoms with Gasteiger partial charge in [-0.1, -0.05) is 63.8 Å². The van der Waals surface area contributed by atoms with Gasteiger partial charge in [0.2, 0.25) is 0 Å². The number of unbranched alkanes of at least 4 members (excludes halogenated alkanes) is 6. The Labute approximate surface area is 252 Å². The topological polar surface area (TPSA) is 7.76 Å². The van der Waals surface area contributed by atoms with Gasteiger partial charge in [0.05, 0.1) is 0 Å². The Bertz CT molecular complexity index is 1080. The SMILES string of the molecule is CCCCCC[n+]1ccc(-c2ccc3cc(-c4cc[n+](CCCCCC)cc4)ccc3c2)cc1.[I-].[I-]. The maximum atomic E-state index is 2.31. The van der Waals surface area contributed by atoms with Crippen LogP contribution in [0, 0.1) is 0 Å². The first-order valence-electron chi connectivity index (χ1n) is 13.3. The molecular weight excluding hydrogens is 666 g/mol. The predicted molar refractivity (Wildman–Crippen MR) is 143 cm³/mol. The second kappa shape index (κ2) is 16.3. The molecule has 0 saturated carbocycles. The number of aromatic nitrogens is 2. The summed E-state index contributed by atoms with van der Waals surface area (Å²) in [6.07, 6.45) is 19.3. The van der Waals surface area contributed by atoms with Crippen molar-refractivity contribution in [3.63, 3.8) is 0 Å². The Morgan fingerprint density at radius 3 is 1.19 bits per heavy atom. The lowest BCUT2D eigenvalue weighted by molar-refractivity contribution is -0.697. The molecule has 0 unspecified atom stereocenters. The molecule has 0 aliphatic rings. The normalized spacial score (nSPS) is 10.6. The van der Waals surface area contributed by atoms with Crippen molar-refractivity contribution in [1.82, 2.24) is 0 Å². The minimum Gasteiger partial charge on any atom is -1.00 e. The average Bonchev–Trinajstić information content (AvgIpc) is 2.89. The molecule has 192 valence electrons. The van der Waals surface area contributed by atoms with Crippen LogP contribution in [0.3, 0.4) is 0 Å². The van der Waals surface area contributed by atoms with Gasteiger partial charge in [-0.3, -0.25) is 0 Å². The fourth-order valence-corrected chi connectivity index (χ4v) is 4.64. The highest BCUT2D eigenvalue weighted by Crippen LogP contribution is 2.28. The molecule has 2 heterocycles. The molecule has 2 aromatic heterocycles. The number of pyridine rings is 2. The standard InChI is InChI=1S/C32H40N2.2HI/c1-3-5-7-9-19-33-21-15-27(16-22-33)29-11-13-32-26-30(12-14-31(32)25-29)28-17-23-34(24-18-28)20-10-8-6-4-2;;/h11-18,21-26H,3-10,19-20H2,1-2H3;2*1H/q+2;;/p-2. The van der Waals surface area contributed by atoms with Crippen LogP contribution in [0.1, 0.15) is 65.2 Å². The van der Waals surface area contributed by atoms with Gasteiger partial charge in [0.25, 0.3) is 0 Å². The van der Waals surface area contributed by atoms with E-state index in [-0.39, 0.29) is 48.0 Å². The lowest BCUT2D eigenvalue weighted by Gasteiger charge is -2.07. The van der Waals surface area contributed by atoms with Crippen molar-refractivity contribution in [2.45, 2.75) is 78.3 Å². The largest absolute Gasteiger partial charge is 1.00 e. The molecule has 2 aromatic carbocycles. The van der Waals surface area contributed by atoms with Gasteiger partial charge in [-0.15, -0.1) is 0 Å². The van der Waals surface area contributed by atoms with Crippen molar-refractivity contribution in [2.24, 2.45) is 0 Å². The first-order valence-corrected chi connectivity index (χ1v) is 13.3. The minimum atomic E-state index is 0. The van der Waals surface area contributed by atoms with E-state index in [2.05, 4.69) is 108 Å². The number of aryl methyl sites for hydroxylation is 2. The highest BCUT2D eigenvalue weighted by atomic mass is 127. The van der Waals surface area contributed by atoms with Gasteiger partial charge < -0.3 is 48.0 Å². The number of fused-ring (bicyclic) bond motifs is 1. The van der Waals surface area contributed by atoms with Crippen molar-refractivity contribution < 1.29 is 57.1 Å². The van der Waals surface area contributed by atoms with E-state index < -0.39 is 0 Å². The molecule has 0 atom stereocenters. The summed E-state index contributed by atoms with van der Waals surface area (Å²) in [6.45, 7) is 6.75. The van der Waals surface area contributed by atoms with Crippen molar-refractivity contribution >= 4 is 10.8 Å². The van der Waals surface area contributed by atoms with E-state index in [9.17, 15) is 0 Å². The fourth-order valence-electron chi connectivity index (χ4n) is 4.64. The molecule has 0 aliphatic carbocycles. The molecule has 4 aromatic rings. The Balaban J connectivity index is 0.00000228. The monoisotopic (exact) mass is 706 g/mol. The molecule has 4 rings (SSSR count). The minimum absolute atomic E-state index is 0. The third-order valence-corrected chi connectivity index (χ3v) is 6.83. The Hall–Kier alpha value is -1.54. The zero-order valence-electron chi connectivity index (χ0n) is 21.8. The maximum Gasteiger partial charge on any atom is 0.169 e. The van der Waals surface area contributed by atoms with Crippen molar-refractivity contribution in [2.75, 3.05) is 0 Å². The molecule has 0 bridgehead atoms. The summed E-state index contributed by atoms with van der Waals surface area (Å²) in [5, 5.41) is 2.58. The number of hydrogen-bond acceptors (Lipinski definition) is 0. The van der Waals surface area contributed by atoms with Crippen LogP contribution >= 0.6 is 0 Å². The number of benzene rings is 2. The summed E-state index contributed by atoms with van der Waals surface area (Å²) in [5.74, 6) is 0. The van der Waals surface area contributed by atoms with Gasteiger partial charge >= 0.3 is 0 Å². The Kier molecular flexibility index (Phi) is 13.9. The van der Waals surface area contributed by atoms with Crippen LogP contribution in [0.5, 0.6) is 0 Å². The summed E-state index contributed by atoms with van der Waals surface area (Å²) in [7, 11) is 0. The molecule has 4 heteroatoms. The smallest absolute Gasteiger partial charge is 0.169 e. The van der Waals surface area contributed by atoms with E-state index in [1.165, 1.54) is 84.4 Å². The van der Waals surface area contributed by atoms with Gasteiger partial charge in [-0.25, -0.2) is 9.13 Å². The van der Waals surface area contributed by atoms with E-state index in [0.29, 0.717) is 0 Å². The van der Waals surface area contributed by atoms with Crippen LogP contribution < -0.4 is 57.1 Å². The second-order valence-corrected chi connectivity index (χ2v) is 9.55. The van der Waals surface area contributed by atoms with Crippen molar-refractivity contribution in [3.8, 4) is 22.3 Å². The average molecular weight is 706 g/mol. The highest BCUT2D eigenvalue weighted by molar-refractivity contribution is 5.90. The third kappa shape index (κ3) is 8.79. The lowest BCUT2D eigenvalue weighted by Crippen LogP contribution is -3.00. The van der Waals surface area contributed by atoms with Crippen LogP contribution in [-0.2, 0) is 13.1 Å². The van der Waals surface area contributed by atoms with Crippen molar-refractivity contribution in [1.29, 1.82) is 0 Å². The summed E-state index contributed by atoms with van der Waals surface area (Å²) in [4.78, 5) is 0. The Morgan fingerprint density at radius 1 is 0.444 bits per heavy atom. The van der Waals surface area contributed by atoms with Crippen LogP contribution in [0.15, 0.2) is 85.5 Å². The molecular formula is C32H40I2N2. The number of rotatable bonds is 12. The van der Waals surface area contributed by atoms with Crippen LogP contribution in [0.4, 0.5) is 0 Å². The van der Waals surface area contributed by atoms with E-state index in [1.54, 1.807) is 0 Å². The molecule has 0 amide bonds. The van der Waals surface area contributed by atoms with Crippen LogP contribution in [-0.4, -0.2) is 0 Å². The summed E-state index contributed by atoms with van der Waals surface area (Å²) < 4.78 is 4.61. The highest BCUT2D eigenvalue weighted by Gasteiger charge is 2.07. The lowest BCUT2D eigenvalue weighted by atomic mass is 9.98. The van der Waals surface area contributed by atoms with Gasteiger partial charge in [0.1, 0.15) is 13.1 Å². The summed E-state index contributed by atoms with van der Waals surface area (Å²) in [5.41, 5.74) is 5.12. The second-order valence-electron chi connectivity index (χ2n) is 9.55. The molecule has 0 spiro atoms. The van der Waals surface area contributed by atoms with E-state index in [4.69, 9.17) is 0 Å². The van der Waals surface area contributed by atoms with Gasteiger partial charge in [0, 0.05) is 37.1 Å². The first kappa shape index (κ1) is 30.7. The van der Waals surface area contributed by atoms with E-state index >= 15 is 0 Å². The van der Waals surface area contributed by atoms with Gasteiger partial charge in [-0.05, 0) is 58.0 Å². The molecule has 0 N–H and O–H groups in total. The molecule has 2 nitrogen and oxygen atoms in total. The fraction of sp³-hybridized carbons (Fsp3) is 0.375. The quantitative estimate of drug-likeness (QED) is 0.121. The molecule has 0 aliphatic heterocycles. The zero-order chi connectivity index (χ0) is 23.6. The zero-order valence-corrected chi connectivity index (χ0v) is 26.1. The van der Waals surface area contributed by atoms with E-state index in [1.807, 2.05) is 0 Å². The molecule has 36 heavy (non-hydrogen) atoms. The van der Waals surface area contributed by atoms with Crippen molar-refractivity contribution in [3.05, 3.63) is 85.5 Å². The summed E-state index contributed by atoms with van der Waals surface area (Å²) in [6, 6.07) is 22.6. The molecule has 0 fully saturated rings. The molecule has 0 saturated heterocycles. The Morgan fingerprint density at radius 2 is 0.833 bits per heavy atom. The third-order valence-electron chi connectivity index (χ3n) is 6.83. The van der Waals surface area contributed by atoms with Gasteiger partial charge in [-0.2, -0.15) is 0 Å².